The molecule has 1 N–H and O–H groups in total. The standard InChI is InChI=1S/C9H10O2/c1-7-2-3-9(11)8(6-7)4-5-10/h2-3,5-6,11H,4H2,1H3. The predicted octanol–water partition coefficient (Wildman–Crippen LogP) is 1.44. The average molecular weight is 150 g/mol. The second-order valence-corrected chi connectivity index (χ2v) is 2.50. The second kappa shape index (κ2) is 3.19. The minimum absolute atomic E-state index is 0.197. The van der Waals surface area contributed by atoms with Gasteiger partial charge in [-0.2, -0.15) is 0 Å². The number of carbonyl (C=O) groups is 1. The van der Waals surface area contributed by atoms with Gasteiger partial charge in [-0.3, -0.25) is 0 Å². The van der Waals surface area contributed by atoms with Crippen LogP contribution in [0.25, 0.3) is 0 Å². The number of aromatic hydroxyl groups is 1. The molecule has 0 bridgehead atoms. The molecule has 0 aromatic heterocycles. The first-order valence-corrected chi connectivity index (χ1v) is 3.46. The molecule has 58 valence electrons. The Hall–Kier alpha value is -1.31. The molecule has 0 saturated heterocycles. The van der Waals surface area contributed by atoms with Gasteiger partial charge in [0.15, 0.2) is 0 Å². The number of aryl methyl sites for hydroxylation is 1. The summed E-state index contributed by atoms with van der Waals surface area (Å²) in [5, 5.41) is 9.21. The first-order chi connectivity index (χ1) is 5.24. The number of benzene rings is 1. The molecule has 1 aromatic carbocycles. The zero-order valence-electron chi connectivity index (χ0n) is 6.37. The maximum atomic E-state index is 10.1. The lowest BCUT2D eigenvalue weighted by Gasteiger charge is -2.00. The van der Waals surface area contributed by atoms with Crippen LogP contribution in [-0.2, 0) is 11.2 Å². The van der Waals surface area contributed by atoms with E-state index in [1.165, 1.54) is 0 Å². The van der Waals surface area contributed by atoms with Gasteiger partial charge in [-0.1, -0.05) is 17.7 Å². The predicted molar refractivity (Wildman–Crippen MR) is 42.6 cm³/mol. The molecule has 0 radical (unpaired) electrons. The maximum absolute atomic E-state index is 10.1. The van der Waals surface area contributed by atoms with Crippen molar-refractivity contribution in [1.29, 1.82) is 0 Å². The highest BCUT2D eigenvalue weighted by atomic mass is 16.3. The highest BCUT2D eigenvalue weighted by Gasteiger charge is 1.98. The fraction of sp³-hybridized carbons (Fsp3) is 0.222. The molecule has 0 aliphatic rings. The van der Waals surface area contributed by atoms with Gasteiger partial charge < -0.3 is 9.90 Å². The maximum Gasteiger partial charge on any atom is 0.124 e. The Morgan fingerprint density at radius 2 is 2.27 bits per heavy atom. The third kappa shape index (κ3) is 1.80. The first kappa shape index (κ1) is 7.79. The Kier molecular flexibility index (Phi) is 2.26. The summed E-state index contributed by atoms with van der Waals surface area (Å²) >= 11 is 0. The van der Waals surface area contributed by atoms with Crippen molar-refractivity contribution < 1.29 is 9.90 Å². The molecule has 1 aromatic rings. The number of aldehydes is 1. The molecule has 0 spiro atoms. The molecule has 0 saturated carbocycles. The van der Waals surface area contributed by atoms with Crippen LogP contribution in [0, 0.1) is 6.92 Å². The number of hydrogen-bond acceptors (Lipinski definition) is 2. The fourth-order valence-corrected chi connectivity index (χ4v) is 0.968. The number of phenols is 1. The molecular weight excluding hydrogens is 140 g/mol. The molecule has 2 nitrogen and oxygen atoms in total. The molecule has 0 fully saturated rings. The average Bonchev–Trinajstić information content (AvgIpc) is 1.98. The molecule has 11 heavy (non-hydrogen) atoms. The van der Waals surface area contributed by atoms with E-state index in [1.807, 2.05) is 19.1 Å². The van der Waals surface area contributed by atoms with Gasteiger partial charge in [0, 0.05) is 12.0 Å². The van der Waals surface area contributed by atoms with Crippen molar-refractivity contribution in [3.63, 3.8) is 0 Å². The van der Waals surface area contributed by atoms with Crippen LogP contribution < -0.4 is 0 Å². The summed E-state index contributed by atoms with van der Waals surface area (Å²) in [5.74, 6) is 0.197. The summed E-state index contributed by atoms with van der Waals surface area (Å²) in [6.07, 6.45) is 1.07. The van der Waals surface area contributed by atoms with Gasteiger partial charge in [0.2, 0.25) is 0 Å². The Morgan fingerprint density at radius 1 is 1.55 bits per heavy atom. The van der Waals surface area contributed by atoms with Crippen LogP contribution in [0.1, 0.15) is 11.1 Å². The van der Waals surface area contributed by atoms with Crippen molar-refractivity contribution in [2.75, 3.05) is 0 Å². The van der Waals surface area contributed by atoms with Crippen LogP contribution in [-0.4, -0.2) is 11.4 Å². The van der Waals surface area contributed by atoms with Crippen LogP contribution in [0.15, 0.2) is 18.2 Å². The molecule has 0 amide bonds. The van der Waals surface area contributed by atoms with Gasteiger partial charge >= 0.3 is 0 Å². The quantitative estimate of drug-likeness (QED) is 0.648. The summed E-state index contributed by atoms with van der Waals surface area (Å²) in [5.41, 5.74) is 1.75. The van der Waals surface area contributed by atoms with Crippen LogP contribution in [0.4, 0.5) is 0 Å². The summed E-state index contributed by atoms with van der Waals surface area (Å²) in [7, 11) is 0. The Labute approximate surface area is 65.5 Å². The normalized spacial score (nSPS) is 9.55. The van der Waals surface area contributed by atoms with Gasteiger partial charge in [-0.25, -0.2) is 0 Å². The smallest absolute Gasteiger partial charge is 0.124 e. The number of rotatable bonds is 2. The van der Waals surface area contributed by atoms with E-state index in [0.717, 1.165) is 11.8 Å². The fourth-order valence-electron chi connectivity index (χ4n) is 0.968. The van der Waals surface area contributed by atoms with Crippen LogP contribution in [0.2, 0.25) is 0 Å². The second-order valence-electron chi connectivity index (χ2n) is 2.50. The van der Waals surface area contributed by atoms with E-state index in [2.05, 4.69) is 0 Å². The third-order valence-corrected chi connectivity index (χ3v) is 1.54. The molecular formula is C9H10O2. The van der Waals surface area contributed by atoms with Crippen molar-refractivity contribution in [2.45, 2.75) is 13.3 Å². The van der Waals surface area contributed by atoms with Gasteiger partial charge in [0.1, 0.15) is 12.0 Å². The summed E-state index contributed by atoms with van der Waals surface area (Å²) in [6.45, 7) is 1.92. The van der Waals surface area contributed by atoms with E-state index in [4.69, 9.17) is 0 Å². The third-order valence-electron chi connectivity index (χ3n) is 1.54. The van der Waals surface area contributed by atoms with E-state index in [9.17, 15) is 9.90 Å². The molecule has 1 rings (SSSR count). The van der Waals surface area contributed by atoms with E-state index in [1.54, 1.807) is 6.07 Å². The molecule has 0 aliphatic heterocycles. The highest BCUT2D eigenvalue weighted by molar-refractivity contribution is 5.57. The van der Waals surface area contributed by atoms with E-state index in [0.29, 0.717) is 5.56 Å². The van der Waals surface area contributed by atoms with E-state index in [-0.39, 0.29) is 12.2 Å². The number of hydrogen-bond donors (Lipinski definition) is 1. The summed E-state index contributed by atoms with van der Waals surface area (Å²) < 4.78 is 0. The number of carbonyl (C=O) groups excluding carboxylic acids is 1. The lowest BCUT2D eigenvalue weighted by atomic mass is 10.1. The van der Waals surface area contributed by atoms with Crippen molar-refractivity contribution in [3.05, 3.63) is 29.3 Å². The zero-order valence-corrected chi connectivity index (χ0v) is 6.37. The van der Waals surface area contributed by atoms with Crippen molar-refractivity contribution in [3.8, 4) is 5.75 Å². The first-order valence-electron chi connectivity index (χ1n) is 3.46. The van der Waals surface area contributed by atoms with Gasteiger partial charge in [0.05, 0.1) is 0 Å². The van der Waals surface area contributed by atoms with Crippen LogP contribution in [0.3, 0.4) is 0 Å². The number of phenolic OH excluding ortho intramolecular Hbond substituents is 1. The Morgan fingerprint density at radius 3 is 2.91 bits per heavy atom. The van der Waals surface area contributed by atoms with Crippen LogP contribution >= 0.6 is 0 Å². The lowest BCUT2D eigenvalue weighted by molar-refractivity contribution is -0.107. The van der Waals surface area contributed by atoms with Gasteiger partial charge in [-0.15, -0.1) is 0 Å². The minimum Gasteiger partial charge on any atom is -0.508 e. The van der Waals surface area contributed by atoms with Gasteiger partial charge in [-0.05, 0) is 13.0 Å². The van der Waals surface area contributed by atoms with E-state index < -0.39 is 0 Å². The lowest BCUT2D eigenvalue weighted by Crippen LogP contribution is -1.87. The molecule has 2 heteroatoms. The van der Waals surface area contributed by atoms with Gasteiger partial charge in [0.25, 0.3) is 0 Å². The molecule has 0 heterocycles. The van der Waals surface area contributed by atoms with Crippen molar-refractivity contribution in [1.82, 2.24) is 0 Å². The molecule has 0 unspecified atom stereocenters. The molecule has 0 aliphatic carbocycles. The van der Waals surface area contributed by atoms with Crippen molar-refractivity contribution >= 4 is 6.29 Å². The summed E-state index contributed by atoms with van der Waals surface area (Å²) in [6, 6.07) is 5.22. The monoisotopic (exact) mass is 150 g/mol. The minimum atomic E-state index is 0.197. The SMILES string of the molecule is Cc1ccc(O)c(CC=O)c1. The van der Waals surface area contributed by atoms with Crippen molar-refractivity contribution in [2.24, 2.45) is 0 Å². The Bertz CT molecular complexity index is 266. The van der Waals surface area contributed by atoms with Crippen LogP contribution in [0.5, 0.6) is 5.75 Å². The molecule has 0 atom stereocenters. The zero-order chi connectivity index (χ0) is 8.27. The largest absolute Gasteiger partial charge is 0.508 e. The van der Waals surface area contributed by atoms with E-state index >= 15 is 0 Å². The topological polar surface area (TPSA) is 37.3 Å². The Balaban J connectivity index is 3.01. The summed E-state index contributed by atoms with van der Waals surface area (Å²) in [4.78, 5) is 10.1. The highest BCUT2D eigenvalue weighted by Crippen LogP contribution is 2.17.